The molecular weight excluding hydrogens is 223 g/mol. The molecular formula is C12H11FN2O2. The highest BCUT2D eigenvalue weighted by atomic mass is 19.1. The molecule has 17 heavy (non-hydrogen) atoms. The Kier molecular flexibility index (Phi) is 3.40. The van der Waals surface area contributed by atoms with Crippen molar-refractivity contribution in [2.24, 2.45) is 0 Å². The van der Waals surface area contributed by atoms with Gasteiger partial charge in [0.1, 0.15) is 5.82 Å². The fourth-order valence-corrected chi connectivity index (χ4v) is 1.34. The van der Waals surface area contributed by atoms with E-state index in [0.29, 0.717) is 11.4 Å². The number of hydrogen-bond acceptors (Lipinski definition) is 2. The second-order valence-electron chi connectivity index (χ2n) is 3.41. The van der Waals surface area contributed by atoms with Crippen LogP contribution in [0.3, 0.4) is 0 Å². The summed E-state index contributed by atoms with van der Waals surface area (Å²) in [5, 5.41) is 5.08. The average molecular weight is 234 g/mol. The summed E-state index contributed by atoms with van der Waals surface area (Å²) in [4.78, 5) is 11.4. The molecule has 0 aliphatic carbocycles. The summed E-state index contributed by atoms with van der Waals surface area (Å²) in [6.45, 7) is 0.254. The Labute approximate surface area is 97.4 Å². The molecule has 0 saturated heterocycles. The lowest BCUT2D eigenvalue weighted by atomic mass is 10.2. The van der Waals surface area contributed by atoms with Gasteiger partial charge < -0.3 is 9.73 Å². The van der Waals surface area contributed by atoms with E-state index in [1.807, 2.05) is 0 Å². The number of rotatable bonds is 3. The zero-order valence-electron chi connectivity index (χ0n) is 8.94. The molecule has 0 bridgehead atoms. The van der Waals surface area contributed by atoms with Crippen LogP contribution in [0.25, 0.3) is 0 Å². The summed E-state index contributed by atoms with van der Waals surface area (Å²) in [6.07, 6.45) is 1.46. The number of nitrogens with one attached hydrogen (secondary N) is 2. The number of carbonyl (C=O) groups excluding carboxylic acids is 1. The molecule has 2 aromatic rings. The fraction of sp³-hybridized carbons (Fsp3) is 0.0833. The summed E-state index contributed by atoms with van der Waals surface area (Å²) < 4.78 is 17.8. The van der Waals surface area contributed by atoms with Gasteiger partial charge in [0, 0.05) is 12.6 Å². The van der Waals surface area contributed by atoms with Crippen LogP contribution in [-0.2, 0) is 6.54 Å². The van der Waals surface area contributed by atoms with Crippen molar-refractivity contribution in [1.29, 1.82) is 0 Å². The van der Waals surface area contributed by atoms with Crippen molar-refractivity contribution < 1.29 is 13.6 Å². The summed E-state index contributed by atoms with van der Waals surface area (Å²) in [6, 6.07) is 8.94. The molecule has 0 spiro atoms. The molecule has 2 amide bonds. The molecule has 0 radical (unpaired) electrons. The van der Waals surface area contributed by atoms with Gasteiger partial charge in [0.15, 0.2) is 0 Å². The molecule has 2 rings (SSSR count). The monoisotopic (exact) mass is 234 g/mol. The maximum Gasteiger partial charge on any atom is 0.321 e. The third-order valence-corrected chi connectivity index (χ3v) is 2.10. The highest BCUT2D eigenvalue weighted by Gasteiger charge is 2.03. The molecule has 88 valence electrons. The van der Waals surface area contributed by atoms with Gasteiger partial charge in [-0.25, -0.2) is 9.18 Å². The Bertz CT molecular complexity index is 497. The number of anilines is 1. The van der Waals surface area contributed by atoms with E-state index in [2.05, 4.69) is 10.6 Å². The number of halogens is 1. The number of carbonyl (C=O) groups is 1. The standard InChI is InChI=1S/C12H11FN2O2/c13-10-4-1-3-9(7-10)8-14-12(16)15-11-5-2-6-17-11/h1-7H,8H2,(H2,14,15,16). The van der Waals surface area contributed by atoms with Gasteiger partial charge in [-0.3, -0.25) is 5.32 Å². The van der Waals surface area contributed by atoms with E-state index in [-0.39, 0.29) is 12.4 Å². The Balaban J connectivity index is 1.84. The third-order valence-electron chi connectivity index (χ3n) is 2.10. The number of furan rings is 1. The number of benzene rings is 1. The van der Waals surface area contributed by atoms with Crippen LogP contribution in [0, 0.1) is 5.82 Å². The van der Waals surface area contributed by atoms with Crippen LogP contribution in [0.15, 0.2) is 47.1 Å². The zero-order valence-corrected chi connectivity index (χ0v) is 8.94. The van der Waals surface area contributed by atoms with Gasteiger partial charge in [0.05, 0.1) is 6.26 Å². The van der Waals surface area contributed by atoms with E-state index in [1.165, 1.54) is 18.4 Å². The Hall–Kier alpha value is -2.30. The Morgan fingerprint density at radius 3 is 2.88 bits per heavy atom. The van der Waals surface area contributed by atoms with Gasteiger partial charge in [-0.1, -0.05) is 12.1 Å². The molecule has 0 fully saturated rings. The van der Waals surface area contributed by atoms with Crippen molar-refractivity contribution in [3.05, 3.63) is 54.0 Å². The van der Waals surface area contributed by atoms with Crippen LogP contribution in [0.2, 0.25) is 0 Å². The zero-order chi connectivity index (χ0) is 12.1. The molecule has 0 saturated carbocycles. The lowest BCUT2D eigenvalue weighted by Crippen LogP contribution is -2.27. The summed E-state index contributed by atoms with van der Waals surface area (Å²) >= 11 is 0. The van der Waals surface area contributed by atoms with Crippen LogP contribution >= 0.6 is 0 Å². The maximum atomic E-state index is 12.9. The minimum absolute atomic E-state index is 0.254. The van der Waals surface area contributed by atoms with Gasteiger partial charge in [-0.2, -0.15) is 0 Å². The maximum absolute atomic E-state index is 12.9. The number of hydrogen-bond donors (Lipinski definition) is 2. The van der Waals surface area contributed by atoms with Crippen LogP contribution in [0.5, 0.6) is 0 Å². The first-order chi connectivity index (χ1) is 8.24. The van der Waals surface area contributed by atoms with Gasteiger partial charge in [-0.05, 0) is 23.8 Å². The fourth-order valence-electron chi connectivity index (χ4n) is 1.34. The molecule has 1 heterocycles. The smallest absolute Gasteiger partial charge is 0.321 e. The van der Waals surface area contributed by atoms with Gasteiger partial charge in [0.25, 0.3) is 0 Å². The first-order valence-corrected chi connectivity index (χ1v) is 5.07. The second kappa shape index (κ2) is 5.16. The molecule has 0 atom stereocenters. The Morgan fingerprint density at radius 1 is 1.29 bits per heavy atom. The molecule has 0 aliphatic heterocycles. The highest BCUT2D eigenvalue weighted by Crippen LogP contribution is 2.06. The topological polar surface area (TPSA) is 54.3 Å². The van der Waals surface area contributed by atoms with Gasteiger partial charge in [-0.15, -0.1) is 0 Å². The number of urea groups is 1. The first-order valence-electron chi connectivity index (χ1n) is 5.07. The van der Waals surface area contributed by atoms with E-state index < -0.39 is 6.03 Å². The summed E-state index contributed by atoms with van der Waals surface area (Å²) in [7, 11) is 0. The van der Waals surface area contributed by atoms with Crippen molar-refractivity contribution in [3.8, 4) is 0 Å². The van der Waals surface area contributed by atoms with Crippen molar-refractivity contribution in [2.45, 2.75) is 6.54 Å². The Morgan fingerprint density at radius 2 is 2.18 bits per heavy atom. The summed E-state index contributed by atoms with van der Waals surface area (Å²) in [5.41, 5.74) is 0.694. The van der Waals surface area contributed by atoms with Gasteiger partial charge >= 0.3 is 6.03 Å². The minimum atomic E-state index is -0.399. The molecule has 5 heteroatoms. The van der Waals surface area contributed by atoms with Crippen molar-refractivity contribution in [3.63, 3.8) is 0 Å². The molecule has 0 aliphatic rings. The van der Waals surface area contributed by atoms with E-state index in [9.17, 15) is 9.18 Å². The lowest BCUT2D eigenvalue weighted by Gasteiger charge is -2.05. The molecule has 0 unspecified atom stereocenters. The number of amides is 2. The largest absolute Gasteiger partial charge is 0.449 e. The average Bonchev–Trinajstić information content (AvgIpc) is 2.79. The summed E-state index contributed by atoms with van der Waals surface area (Å²) in [5.74, 6) is 0.0393. The third kappa shape index (κ3) is 3.34. The normalized spacial score (nSPS) is 9.94. The first kappa shape index (κ1) is 11.2. The molecule has 1 aromatic carbocycles. The predicted molar refractivity (Wildman–Crippen MR) is 61.0 cm³/mol. The van der Waals surface area contributed by atoms with Crippen LogP contribution in [-0.4, -0.2) is 6.03 Å². The van der Waals surface area contributed by atoms with Crippen LogP contribution in [0.1, 0.15) is 5.56 Å². The van der Waals surface area contributed by atoms with Crippen molar-refractivity contribution in [1.82, 2.24) is 5.32 Å². The van der Waals surface area contributed by atoms with E-state index >= 15 is 0 Å². The van der Waals surface area contributed by atoms with Crippen molar-refractivity contribution >= 4 is 11.9 Å². The second-order valence-corrected chi connectivity index (χ2v) is 3.41. The SMILES string of the molecule is O=C(NCc1cccc(F)c1)Nc1ccco1. The molecule has 1 aromatic heterocycles. The quantitative estimate of drug-likeness (QED) is 0.857. The minimum Gasteiger partial charge on any atom is -0.449 e. The lowest BCUT2D eigenvalue weighted by molar-refractivity contribution is 0.251. The van der Waals surface area contributed by atoms with Crippen molar-refractivity contribution in [2.75, 3.05) is 5.32 Å². The molecule has 2 N–H and O–H groups in total. The van der Waals surface area contributed by atoms with E-state index in [4.69, 9.17) is 4.42 Å². The van der Waals surface area contributed by atoms with Gasteiger partial charge in [0.2, 0.25) is 5.88 Å². The van der Waals surface area contributed by atoms with Crippen LogP contribution < -0.4 is 10.6 Å². The molecule has 4 nitrogen and oxygen atoms in total. The van der Waals surface area contributed by atoms with E-state index in [0.717, 1.165) is 0 Å². The van der Waals surface area contributed by atoms with E-state index in [1.54, 1.807) is 24.3 Å². The highest BCUT2D eigenvalue weighted by molar-refractivity contribution is 5.87. The predicted octanol–water partition coefficient (Wildman–Crippen LogP) is 2.74. The van der Waals surface area contributed by atoms with Crippen LogP contribution in [0.4, 0.5) is 15.1 Å².